The Labute approximate surface area is 91.8 Å². The number of hydrogen-bond acceptors (Lipinski definition) is 3. The second-order valence-electron chi connectivity index (χ2n) is 4.65. The highest BCUT2D eigenvalue weighted by molar-refractivity contribution is 5.75. The SMILES string of the molecule is CCC(=O)N1CCN(C2CN(C)C2)CC1. The molecule has 0 aromatic heterocycles. The van der Waals surface area contributed by atoms with Gasteiger partial charge in [-0.3, -0.25) is 9.69 Å². The van der Waals surface area contributed by atoms with E-state index in [9.17, 15) is 4.79 Å². The second-order valence-corrected chi connectivity index (χ2v) is 4.65. The van der Waals surface area contributed by atoms with Crippen LogP contribution >= 0.6 is 0 Å². The van der Waals surface area contributed by atoms with E-state index in [1.807, 2.05) is 11.8 Å². The summed E-state index contributed by atoms with van der Waals surface area (Å²) in [6.07, 6.45) is 0.645. The molecule has 2 fully saturated rings. The van der Waals surface area contributed by atoms with Crippen LogP contribution in [0.5, 0.6) is 0 Å². The first kappa shape index (κ1) is 10.9. The number of hydrogen-bond donors (Lipinski definition) is 0. The zero-order chi connectivity index (χ0) is 10.8. The normalized spacial score (nSPS) is 25.3. The summed E-state index contributed by atoms with van der Waals surface area (Å²) in [7, 11) is 2.16. The molecule has 0 aromatic rings. The Morgan fingerprint density at radius 3 is 2.27 bits per heavy atom. The first-order valence-corrected chi connectivity index (χ1v) is 5.91. The molecule has 2 rings (SSSR count). The Bertz CT molecular complexity index is 230. The van der Waals surface area contributed by atoms with E-state index in [2.05, 4.69) is 16.8 Å². The van der Waals surface area contributed by atoms with Crippen LogP contribution in [0.3, 0.4) is 0 Å². The van der Waals surface area contributed by atoms with Gasteiger partial charge in [0.1, 0.15) is 0 Å². The fourth-order valence-electron chi connectivity index (χ4n) is 2.46. The molecule has 2 aliphatic heterocycles. The zero-order valence-electron chi connectivity index (χ0n) is 9.78. The number of likely N-dealkylation sites (tertiary alicyclic amines) is 1. The third kappa shape index (κ3) is 2.32. The molecule has 0 N–H and O–H groups in total. The number of piperazine rings is 1. The highest BCUT2D eigenvalue weighted by Crippen LogP contribution is 2.15. The average molecular weight is 211 g/mol. The summed E-state index contributed by atoms with van der Waals surface area (Å²) in [6, 6.07) is 0.744. The van der Waals surface area contributed by atoms with Crippen molar-refractivity contribution in [1.29, 1.82) is 0 Å². The van der Waals surface area contributed by atoms with Crippen molar-refractivity contribution >= 4 is 5.91 Å². The lowest BCUT2D eigenvalue weighted by atomic mass is 10.1. The number of rotatable bonds is 2. The third-order valence-electron chi connectivity index (χ3n) is 3.53. The predicted molar refractivity (Wildman–Crippen MR) is 59.7 cm³/mol. The topological polar surface area (TPSA) is 26.8 Å². The van der Waals surface area contributed by atoms with Crippen molar-refractivity contribution in [1.82, 2.24) is 14.7 Å². The van der Waals surface area contributed by atoms with Gasteiger partial charge in [0, 0.05) is 51.7 Å². The van der Waals surface area contributed by atoms with Crippen molar-refractivity contribution in [3.8, 4) is 0 Å². The van der Waals surface area contributed by atoms with Crippen molar-refractivity contribution in [2.24, 2.45) is 0 Å². The van der Waals surface area contributed by atoms with Crippen LogP contribution in [0.4, 0.5) is 0 Å². The number of nitrogens with zero attached hydrogens (tertiary/aromatic N) is 3. The monoisotopic (exact) mass is 211 g/mol. The van der Waals surface area contributed by atoms with Gasteiger partial charge in [0.2, 0.25) is 5.91 Å². The van der Waals surface area contributed by atoms with Crippen LogP contribution in [0.15, 0.2) is 0 Å². The molecule has 15 heavy (non-hydrogen) atoms. The average Bonchev–Trinajstić information content (AvgIpc) is 2.24. The maximum Gasteiger partial charge on any atom is 0.222 e. The molecular weight excluding hydrogens is 190 g/mol. The number of carbonyl (C=O) groups is 1. The molecule has 0 aliphatic carbocycles. The summed E-state index contributed by atoms with van der Waals surface area (Å²) in [4.78, 5) is 18.3. The molecule has 0 aromatic carbocycles. The minimum Gasteiger partial charge on any atom is -0.340 e. The molecule has 0 radical (unpaired) electrons. The Kier molecular flexibility index (Phi) is 3.26. The van der Waals surface area contributed by atoms with Gasteiger partial charge in [-0.2, -0.15) is 0 Å². The molecular formula is C11H21N3O. The summed E-state index contributed by atoms with van der Waals surface area (Å²) >= 11 is 0. The van der Waals surface area contributed by atoms with Crippen LogP contribution < -0.4 is 0 Å². The third-order valence-corrected chi connectivity index (χ3v) is 3.53. The molecule has 4 nitrogen and oxygen atoms in total. The van der Waals surface area contributed by atoms with Crippen molar-refractivity contribution in [2.75, 3.05) is 46.3 Å². The standard InChI is InChI=1S/C11H21N3O/c1-3-11(15)14-6-4-13(5-7-14)10-8-12(2)9-10/h10H,3-9H2,1-2H3. The first-order valence-electron chi connectivity index (χ1n) is 5.91. The molecule has 0 unspecified atom stereocenters. The predicted octanol–water partition coefficient (Wildman–Crippen LogP) is -0.145. The van der Waals surface area contributed by atoms with E-state index in [1.54, 1.807) is 0 Å². The lowest BCUT2D eigenvalue weighted by molar-refractivity contribution is -0.133. The molecule has 1 amide bonds. The fourth-order valence-corrected chi connectivity index (χ4v) is 2.46. The Hall–Kier alpha value is -0.610. The lowest BCUT2D eigenvalue weighted by Crippen LogP contribution is -2.62. The van der Waals surface area contributed by atoms with Crippen molar-refractivity contribution in [3.05, 3.63) is 0 Å². The fraction of sp³-hybridized carbons (Fsp3) is 0.909. The minimum absolute atomic E-state index is 0.306. The molecule has 0 atom stereocenters. The highest BCUT2D eigenvalue weighted by Gasteiger charge is 2.31. The van der Waals surface area contributed by atoms with Gasteiger partial charge in [0.25, 0.3) is 0 Å². The molecule has 0 spiro atoms. The summed E-state index contributed by atoms with van der Waals surface area (Å²) in [5.41, 5.74) is 0. The first-order chi connectivity index (χ1) is 7.20. The summed E-state index contributed by atoms with van der Waals surface area (Å²) in [6.45, 7) is 8.30. The van der Waals surface area contributed by atoms with E-state index in [0.717, 1.165) is 32.2 Å². The van der Waals surface area contributed by atoms with Gasteiger partial charge < -0.3 is 9.80 Å². The van der Waals surface area contributed by atoms with Gasteiger partial charge in [-0.1, -0.05) is 6.92 Å². The number of amides is 1. The largest absolute Gasteiger partial charge is 0.340 e. The maximum atomic E-state index is 11.5. The number of carbonyl (C=O) groups excluding carboxylic acids is 1. The summed E-state index contributed by atoms with van der Waals surface area (Å²) < 4.78 is 0. The Morgan fingerprint density at radius 1 is 1.20 bits per heavy atom. The lowest BCUT2D eigenvalue weighted by Gasteiger charge is -2.46. The Balaban J connectivity index is 1.75. The maximum absolute atomic E-state index is 11.5. The quantitative estimate of drug-likeness (QED) is 0.636. The van der Waals surface area contributed by atoms with E-state index in [0.29, 0.717) is 12.3 Å². The van der Waals surface area contributed by atoms with Crippen LogP contribution in [0.2, 0.25) is 0 Å². The summed E-state index contributed by atoms with van der Waals surface area (Å²) in [5, 5.41) is 0. The second kappa shape index (κ2) is 4.49. The van der Waals surface area contributed by atoms with Gasteiger partial charge in [0.05, 0.1) is 0 Å². The van der Waals surface area contributed by atoms with E-state index in [-0.39, 0.29) is 0 Å². The minimum atomic E-state index is 0.306. The molecule has 4 heteroatoms. The number of likely N-dealkylation sites (N-methyl/N-ethyl adjacent to an activating group) is 1. The van der Waals surface area contributed by atoms with E-state index in [1.165, 1.54) is 13.1 Å². The van der Waals surface area contributed by atoms with Crippen molar-refractivity contribution in [2.45, 2.75) is 19.4 Å². The van der Waals surface area contributed by atoms with Crippen LogP contribution in [0.1, 0.15) is 13.3 Å². The van der Waals surface area contributed by atoms with Crippen LogP contribution in [-0.4, -0.2) is 73.0 Å². The van der Waals surface area contributed by atoms with Gasteiger partial charge >= 0.3 is 0 Å². The summed E-state index contributed by atoms with van der Waals surface area (Å²) in [5.74, 6) is 0.306. The zero-order valence-corrected chi connectivity index (χ0v) is 9.78. The van der Waals surface area contributed by atoms with Crippen LogP contribution in [0.25, 0.3) is 0 Å². The molecule has 0 saturated carbocycles. The van der Waals surface area contributed by atoms with Crippen molar-refractivity contribution < 1.29 is 4.79 Å². The highest BCUT2D eigenvalue weighted by atomic mass is 16.2. The van der Waals surface area contributed by atoms with Gasteiger partial charge in [0.15, 0.2) is 0 Å². The molecule has 86 valence electrons. The van der Waals surface area contributed by atoms with Gasteiger partial charge in [-0.25, -0.2) is 0 Å². The molecule has 2 heterocycles. The smallest absolute Gasteiger partial charge is 0.222 e. The van der Waals surface area contributed by atoms with Crippen LogP contribution in [0, 0.1) is 0 Å². The van der Waals surface area contributed by atoms with Gasteiger partial charge in [-0.15, -0.1) is 0 Å². The van der Waals surface area contributed by atoms with E-state index in [4.69, 9.17) is 0 Å². The van der Waals surface area contributed by atoms with E-state index >= 15 is 0 Å². The van der Waals surface area contributed by atoms with E-state index < -0.39 is 0 Å². The molecule has 0 bridgehead atoms. The van der Waals surface area contributed by atoms with Gasteiger partial charge in [-0.05, 0) is 7.05 Å². The molecule has 2 aliphatic rings. The van der Waals surface area contributed by atoms with Crippen LogP contribution in [-0.2, 0) is 4.79 Å². The molecule has 2 saturated heterocycles. The Morgan fingerprint density at radius 2 is 1.80 bits per heavy atom. The van der Waals surface area contributed by atoms with Crippen molar-refractivity contribution in [3.63, 3.8) is 0 Å².